The Labute approximate surface area is 180 Å². The van der Waals surface area contributed by atoms with Gasteiger partial charge in [0.1, 0.15) is 0 Å². The highest BCUT2D eigenvalue weighted by atomic mass is 16.6. The Bertz CT molecular complexity index is 876. The molecule has 0 unspecified atom stereocenters. The zero-order valence-electron chi connectivity index (χ0n) is 18.4. The second-order valence-electron chi connectivity index (χ2n) is 8.85. The van der Waals surface area contributed by atoms with Gasteiger partial charge in [-0.15, -0.1) is 0 Å². The molecule has 0 radical (unpaired) electrons. The molecular weight excluding hydrogens is 374 g/mol. The van der Waals surface area contributed by atoms with Gasteiger partial charge in [-0.2, -0.15) is 5.48 Å². The minimum Gasteiger partial charge on any atom is -0.332 e. The van der Waals surface area contributed by atoms with E-state index in [1.165, 1.54) is 12.8 Å². The number of hydrogen-bond acceptors (Lipinski definition) is 3. The molecule has 2 heterocycles. The number of hydrogen-bond donors (Lipinski definition) is 1. The van der Waals surface area contributed by atoms with E-state index in [4.69, 9.17) is 4.84 Å². The van der Waals surface area contributed by atoms with Crippen LogP contribution in [0.15, 0.2) is 48.5 Å². The molecule has 2 atom stereocenters. The Balaban J connectivity index is 1.55. The normalized spacial score (nSPS) is 23.1. The minimum atomic E-state index is -0.0971. The molecule has 0 saturated carbocycles. The first-order valence-electron chi connectivity index (χ1n) is 11.2. The molecule has 2 fully saturated rings. The molecule has 0 aliphatic carbocycles. The molecule has 0 bridgehead atoms. The maximum atomic E-state index is 13.5. The predicted octanol–water partition coefficient (Wildman–Crippen LogP) is 3.59. The minimum absolute atomic E-state index is 0.0971. The molecular formula is C25H34N3O2+. The monoisotopic (exact) mass is 408 g/mol. The van der Waals surface area contributed by atoms with Gasteiger partial charge in [0.25, 0.3) is 5.91 Å². The van der Waals surface area contributed by atoms with E-state index in [1.54, 1.807) is 12.6 Å². The third-order valence-corrected chi connectivity index (χ3v) is 7.16. The van der Waals surface area contributed by atoms with E-state index in [0.717, 1.165) is 54.9 Å². The summed E-state index contributed by atoms with van der Waals surface area (Å²) in [6, 6.07) is 16.6. The van der Waals surface area contributed by atoms with Gasteiger partial charge in [0.2, 0.25) is 0 Å². The fourth-order valence-electron chi connectivity index (χ4n) is 5.21. The van der Waals surface area contributed by atoms with Gasteiger partial charge in [-0.05, 0) is 76.4 Å². The molecule has 4 rings (SSSR count). The molecule has 2 N–H and O–H groups in total. The fraction of sp³-hybridized carbons (Fsp3) is 0.480. The van der Waals surface area contributed by atoms with Crippen molar-refractivity contribution in [3.8, 4) is 11.1 Å². The van der Waals surface area contributed by atoms with E-state index in [9.17, 15) is 4.79 Å². The van der Waals surface area contributed by atoms with Crippen LogP contribution in [0.1, 0.15) is 49.9 Å². The number of carbonyl (C=O) groups is 1. The van der Waals surface area contributed by atoms with Gasteiger partial charge >= 0.3 is 0 Å². The summed E-state index contributed by atoms with van der Waals surface area (Å²) in [4.78, 5) is 23.4. The van der Waals surface area contributed by atoms with Crippen LogP contribution < -0.4 is 5.48 Å². The van der Waals surface area contributed by atoms with Gasteiger partial charge in [0, 0.05) is 29.8 Å². The summed E-state index contributed by atoms with van der Waals surface area (Å²) in [5.41, 5.74) is 5.65. The quantitative estimate of drug-likeness (QED) is 0.587. The van der Waals surface area contributed by atoms with Crippen molar-refractivity contribution < 1.29 is 15.1 Å². The highest BCUT2D eigenvalue weighted by Gasteiger charge is 2.46. The van der Waals surface area contributed by atoms with E-state index in [0.29, 0.717) is 6.04 Å². The lowest BCUT2D eigenvalue weighted by atomic mass is 9.88. The third kappa shape index (κ3) is 3.89. The van der Waals surface area contributed by atoms with Crippen LogP contribution in [0.5, 0.6) is 0 Å². The van der Waals surface area contributed by atoms with Gasteiger partial charge in [0.15, 0.2) is 5.69 Å². The Kier molecular flexibility index (Phi) is 6.23. The first kappa shape index (κ1) is 21.0. The zero-order valence-corrected chi connectivity index (χ0v) is 18.4. The van der Waals surface area contributed by atoms with Crippen molar-refractivity contribution in [2.45, 2.75) is 51.1 Å². The molecule has 2 aliphatic rings. The summed E-state index contributed by atoms with van der Waals surface area (Å²) < 4.78 is 0. The van der Waals surface area contributed by atoms with Gasteiger partial charge in [-0.25, -0.2) is 4.84 Å². The average molecular weight is 409 g/mol. The highest BCUT2D eigenvalue weighted by Crippen LogP contribution is 2.37. The van der Waals surface area contributed by atoms with Crippen molar-refractivity contribution in [3.05, 3.63) is 54.1 Å². The Morgan fingerprint density at radius 1 is 1.03 bits per heavy atom. The van der Waals surface area contributed by atoms with Crippen LogP contribution >= 0.6 is 0 Å². The van der Waals surface area contributed by atoms with Gasteiger partial charge < -0.3 is 4.90 Å². The van der Waals surface area contributed by atoms with Crippen molar-refractivity contribution in [2.75, 3.05) is 26.7 Å². The molecule has 2 aliphatic heterocycles. The van der Waals surface area contributed by atoms with E-state index < -0.39 is 0 Å². The van der Waals surface area contributed by atoms with Crippen molar-refractivity contribution in [1.29, 1.82) is 0 Å². The van der Waals surface area contributed by atoms with Gasteiger partial charge in [-0.3, -0.25) is 9.69 Å². The molecule has 30 heavy (non-hydrogen) atoms. The van der Waals surface area contributed by atoms with Crippen LogP contribution in [0, 0.1) is 0 Å². The smallest absolute Gasteiger partial charge is 0.254 e. The number of rotatable bonds is 6. The summed E-state index contributed by atoms with van der Waals surface area (Å²) in [7, 11) is 1.66. The van der Waals surface area contributed by atoms with E-state index in [1.807, 2.05) is 42.5 Å². The fourth-order valence-corrected chi connectivity index (χ4v) is 5.21. The molecule has 5 nitrogen and oxygen atoms in total. The lowest BCUT2D eigenvalue weighted by molar-refractivity contribution is -0.829. The number of likely N-dealkylation sites (tertiary alicyclic amines) is 2. The van der Waals surface area contributed by atoms with Gasteiger partial charge in [-0.1, -0.05) is 24.3 Å². The number of benzene rings is 2. The molecule has 2 aromatic carbocycles. The largest absolute Gasteiger partial charge is 0.332 e. The van der Waals surface area contributed by atoms with Crippen LogP contribution in [0.3, 0.4) is 0 Å². The average Bonchev–Trinajstić information content (AvgIpc) is 3.44. The molecule has 160 valence electrons. The number of amides is 1. The maximum Gasteiger partial charge on any atom is 0.254 e. The summed E-state index contributed by atoms with van der Waals surface area (Å²) in [6.07, 6.45) is 4.71. The first-order chi connectivity index (χ1) is 14.5. The lowest BCUT2D eigenvalue weighted by Gasteiger charge is -2.44. The summed E-state index contributed by atoms with van der Waals surface area (Å²) in [5.74, 6) is 0.157. The Hall–Kier alpha value is -2.21. The molecule has 0 aromatic heterocycles. The topological polar surface area (TPSA) is 49.4 Å². The van der Waals surface area contributed by atoms with Crippen molar-refractivity contribution in [1.82, 2.24) is 9.80 Å². The van der Waals surface area contributed by atoms with Crippen LogP contribution in [-0.2, 0) is 4.84 Å². The number of nitrogens with two attached hydrogens (primary N) is 1. The molecule has 5 heteroatoms. The number of nitrogens with zero attached hydrogens (tertiary/aromatic N) is 2. The third-order valence-electron chi connectivity index (χ3n) is 7.16. The van der Waals surface area contributed by atoms with Crippen LogP contribution in [0.2, 0.25) is 0 Å². The predicted molar refractivity (Wildman–Crippen MR) is 119 cm³/mol. The summed E-state index contributed by atoms with van der Waals surface area (Å²) in [5, 5.41) is 0. The summed E-state index contributed by atoms with van der Waals surface area (Å²) >= 11 is 0. The second kappa shape index (κ2) is 8.88. The molecule has 0 spiro atoms. The molecule has 2 aromatic rings. The van der Waals surface area contributed by atoms with E-state index in [-0.39, 0.29) is 11.4 Å². The van der Waals surface area contributed by atoms with Crippen molar-refractivity contribution >= 4 is 11.6 Å². The molecule has 1 amide bonds. The zero-order chi connectivity index (χ0) is 21.1. The first-order valence-corrected chi connectivity index (χ1v) is 11.2. The summed E-state index contributed by atoms with van der Waals surface area (Å²) in [6.45, 7) is 7.76. The maximum absolute atomic E-state index is 13.5. The SMILES string of the molecule is CO[NH2+]c1ccccc1-c1ccc(C(=O)N2CCC[C@]2(C)[C@H](C)N2CCCC2)cc1. The van der Waals surface area contributed by atoms with E-state index in [2.05, 4.69) is 29.7 Å². The van der Waals surface area contributed by atoms with Gasteiger partial charge in [0.05, 0.1) is 12.6 Å². The van der Waals surface area contributed by atoms with Crippen LogP contribution in [0.4, 0.5) is 5.69 Å². The Morgan fingerprint density at radius 3 is 2.43 bits per heavy atom. The highest BCUT2D eigenvalue weighted by molar-refractivity contribution is 5.95. The Morgan fingerprint density at radius 2 is 1.73 bits per heavy atom. The number of carbonyl (C=O) groups excluding carboxylic acids is 1. The van der Waals surface area contributed by atoms with Crippen molar-refractivity contribution in [3.63, 3.8) is 0 Å². The number of quaternary nitrogens is 1. The lowest BCUT2D eigenvalue weighted by Crippen LogP contribution is -2.76. The second-order valence-corrected chi connectivity index (χ2v) is 8.85. The van der Waals surface area contributed by atoms with Crippen LogP contribution in [0.25, 0.3) is 11.1 Å². The van der Waals surface area contributed by atoms with Crippen molar-refractivity contribution in [2.24, 2.45) is 0 Å². The van der Waals surface area contributed by atoms with E-state index >= 15 is 0 Å². The van der Waals surface area contributed by atoms with Crippen LogP contribution in [-0.4, -0.2) is 54.0 Å². The standard InChI is InChI=1S/C25H33N3O2/c1-19(27-16-6-7-17-27)25(2)15-8-18-28(25)24(29)21-13-11-20(12-14-21)22-9-4-5-10-23(22)26-30-3/h4-5,9-14,19,26H,6-8,15-18H2,1-3H3/p+1/t19-,25+/m0/s1. The molecule has 2 saturated heterocycles.